The summed E-state index contributed by atoms with van der Waals surface area (Å²) in [7, 11) is 1.52. The standard InChI is InChI=1S/C25H23NO7/c1-3-32-20-13-16(8-11-19(20)27)22-21(23(28)15-6-9-17(31-2)10-7-15)24(29)25(30)26(22)14-18-5-4-12-33-18/h4-13,22,27-28H,3,14H2,1-2H3/b23-21-. The van der Waals surface area contributed by atoms with Gasteiger partial charge in [-0.3, -0.25) is 9.59 Å². The minimum Gasteiger partial charge on any atom is -0.507 e. The van der Waals surface area contributed by atoms with Gasteiger partial charge in [0, 0.05) is 5.56 Å². The summed E-state index contributed by atoms with van der Waals surface area (Å²) in [6, 6.07) is 13.6. The van der Waals surface area contributed by atoms with Crippen LogP contribution in [-0.2, 0) is 16.1 Å². The number of hydrogen-bond donors (Lipinski definition) is 2. The van der Waals surface area contributed by atoms with Crippen molar-refractivity contribution in [2.75, 3.05) is 13.7 Å². The Morgan fingerprint density at radius 1 is 1.12 bits per heavy atom. The van der Waals surface area contributed by atoms with Crippen LogP contribution in [-0.4, -0.2) is 40.5 Å². The molecule has 8 nitrogen and oxygen atoms in total. The molecule has 2 N–H and O–H groups in total. The Balaban J connectivity index is 1.87. The van der Waals surface area contributed by atoms with Crippen molar-refractivity contribution in [1.82, 2.24) is 4.90 Å². The summed E-state index contributed by atoms with van der Waals surface area (Å²) in [6.45, 7) is 2.11. The summed E-state index contributed by atoms with van der Waals surface area (Å²) >= 11 is 0. The van der Waals surface area contributed by atoms with Crippen molar-refractivity contribution in [3.8, 4) is 17.2 Å². The number of likely N-dealkylation sites (tertiary alicyclic amines) is 1. The van der Waals surface area contributed by atoms with Crippen molar-refractivity contribution in [3.05, 3.63) is 83.3 Å². The van der Waals surface area contributed by atoms with Crippen LogP contribution in [0.4, 0.5) is 0 Å². The first-order valence-electron chi connectivity index (χ1n) is 10.4. The van der Waals surface area contributed by atoms with E-state index in [-0.39, 0.29) is 29.4 Å². The van der Waals surface area contributed by atoms with Crippen molar-refractivity contribution in [2.24, 2.45) is 0 Å². The predicted molar refractivity (Wildman–Crippen MR) is 119 cm³/mol. The maximum absolute atomic E-state index is 13.1. The molecule has 8 heteroatoms. The number of ketones is 1. The number of phenolic OH excluding ortho intramolecular Hbond substituents is 1. The molecule has 1 fully saturated rings. The van der Waals surface area contributed by atoms with E-state index >= 15 is 0 Å². The van der Waals surface area contributed by atoms with Gasteiger partial charge in [-0.25, -0.2) is 0 Å². The minimum atomic E-state index is -0.919. The first-order chi connectivity index (χ1) is 15.9. The van der Waals surface area contributed by atoms with E-state index in [9.17, 15) is 19.8 Å². The Kier molecular flexibility index (Phi) is 6.08. The average Bonchev–Trinajstić information content (AvgIpc) is 3.43. The fourth-order valence-electron chi connectivity index (χ4n) is 3.84. The highest BCUT2D eigenvalue weighted by Gasteiger charge is 2.46. The molecule has 1 amide bonds. The van der Waals surface area contributed by atoms with Gasteiger partial charge in [0.2, 0.25) is 0 Å². The van der Waals surface area contributed by atoms with Gasteiger partial charge in [0.15, 0.2) is 11.5 Å². The maximum atomic E-state index is 13.1. The monoisotopic (exact) mass is 449 g/mol. The number of phenols is 1. The van der Waals surface area contributed by atoms with E-state index in [1.165, 1.54) is 24.3 Å². The van der Waals surface area contributed by atoms with Crippen LogP contribution < -0.4 is 9.47 Å². The zero-order valence-electron chi connectivity index (χ0n) is 18.1. The van der Waals surface area contributed by atoms with E-state index in [4.69, 9.17) is 13.9 Å². The Bertz CT molecular complexity index is 1200. The van der Waals surface area contributed by atoms with Crippen LogP contribution in [0.1, 0.15) is 29.9 Å². The molecule has 1 saturated heterocycles. The molecule has 0 aliphatic carbocycles. The number of Topliss-reactive ketones (excluding diaryl/α,β-unsaturated/α-hetero) is 1. The van der Waals surface area contributed by atoms with Gasteiger partial charge >= 0.3 is 0 Å². The number of furan rings is 1. The molecule has 0 radical (unpaired) electrons. The number of aliphatic hydroxyl groups is 1. The molecule has 2 aromatic carbocycles. The topological polar surface area (TPSA) is 109 Å². The molecule has 1 aliphatic rings. The van der Waals surface area contributed by atoms with Crippen LogP contribution >= 0.6 is 0 Å². The average molecular weight is 449 g/mol. The van der Waals surface area contributed by atoms with Crippen LogP contribution in [0, 0.1) is 0 Å². The van der Waals surface area contributed by atoms with Crippen LogP contribution in [0.15, 0.2) is 70.9 Å². The highest BCUT2D eigenvalue weighted by atomic mass is 16.5. The lowest BCUT2D eigenvalue weighted by Crippen LogP contribution is -2.29. The molecule has 33 heavy (non-hydrogen) atoms. The Morgan fingerprint density at radius 3 is 2.52 bits per heavy atom. The zero-order chi connectivity index (χ0) is 23.5. The summed E-state index contributed by atoms with van der Waals surface area (Å²) in [5, 5.41) is 21.2. The second-order valence-electron chi connectivity index (χ2n) is 7.40. The molecule has 4 rings (SSSR count). The molecule has 0 spiro atoms. The Labute approximate surface area is 190 Å². The smallest absolute Gasteiger partial charge is 0.296 e. The number of carbonyl (C=O) groups excluding carboxylic acids is 2. The summed E-state index contributed by atoms with van der Waals surface area (Å²) in [4.78, 5) is 27.5. The lowest BCUT2D eigenvalue weighted by atomic mass is 9.95. The number of amides is 1. The van der Waals surface area contributed by atoms with E-state index < -0.39 is 17.7 Å². The van der Waals surface area contributed by atoms with E-state index in [2.05, 4.69) is 0 Å². The molecule has 0 saturated carbocycles. The Morgan fingerprint density at radius 2 is 1.88 bits per heavy atom. The molecular weight excluding hydrogens is 426 g/mol. The lowest BCUT2D eigenvalue weighted by molar-refractivity contribution is -0.140. The van der Waals surface area contributed by atoms with Gasteiger partial charge in [0.05, 0.1) is 38.1 Å². The van der Waals surface area contributed by atoms with Crippen LogP contribution in [0.25, 0.3) is 5.76 Å². The van der Waals surface area contributed by atoms with Crippen LogP contribution in [0.3, 0.4) is 0 Å². The molecule has 170 valence electrons. The van der Waals surface area contributed by atoms with Crippen LogP contribution in [0.5, 0.6) is 17.2 Å². The summed E-state index contributed by atoms with van der Waals surface area (Å²) in [5.74, 6) is -0.685. The number of hydrogen-bond acceptors (Lipinski definition) is 7. The van der Waals surface area contributed by atoms with Gasteiger partial charge in [-0.15, -0.1) is 0 Å². The van der Waals surface area contributed by atoms with Gasteiger partial charge < -0.3 is 29.0 Å². The van der Waals surface area contributed by atoms with Crippen molar-refractivity contribution >= 4 is 17.4 Å². The van der Waals surface area contributed by atoms with Crippen LogP contribution in [0.2, 0.25) is 0 Å². The summed E-state index contributed by atoms with van der Waals surface area (Å²) < 4.78 is 16.0. The fraction of sp³-hybridized carbons (Fsp3) is 0.200. The number of methoxy groups -OCH3 is 1. The lowest BCUT2D eigenvalue weighted by Gasteiger charge is -2.25. The van der Waals surface area contributed by atoms with Gasteiger partial charge in [0.1, 0.15) is 17.3 Å². The van der Waals surface area contributed by atoms with E-state index in [1.54, 1.807) is 55.5 Å². The normalized spacial score (nSPS) is 17.4. The van der Waals surface area contributed by atoms with Gasteiger partial charge in [0.25, 0.3) is 11.7 Å². The van der Waals surface area contributed by atoms with Crippen molar-refractivity contribution < 1.29 is 33.7 Å². The highest BCUT2D eigenvalue weighted by Crippen LogP contribution is 2.42. The van der Waals surface area contributed by atoms with Gasteiger partial charge in [-0.1, -0.05) is 6.07 Å². The quantitative estimate of drug-likeness (QED) is 0.319. The minimum absolute atomic E-state index is 0.0203. The number of benzene rings is 2. The number of aliphatic hydroxyl groups excluding tert-OH is 1. The van der Waals surface area contributed by atoms with Crippen molar-refractivity contribution in [3.63, 3.8) is 0 Å². The molecule has 3 aromatic rings. The zero-order valence-corrected chi connectivity index (χ0v) is 18.1. The number of ether oxygens (including phenoxy) is 2. The molecule has 1 aromatic heterocycles. The van der Waals surface area contributed by atoms with E-state index in [1.807, 2.05) is 0 Å². The Hall–Kier alpha value is -4.20. The predicted octanol–water partition coefficient (Wildman–Crippen LogP) is 4.01. The molecule has 2 heterocycles. The first kappa shape index (κ1) is 22.0. The fourth-order valence-corrected chi connectivity index (χ4v) is 3.84. The third-order valence-corrected chi connectivity index (χ3v) is 5.41. The summed E-state index contributed by atoms with van der Waals surface area (Å²) in [6.07, 6.45) is 1.48. The van der Waals surface area contributed by atoms with Crippen molar-refractivity contribution in [2.45, 2.75) is 19.5 Å². The van der Waals surface area contributed by atoms with Crippen molar-refractivity contribution in [1.29, 1.82) is 0 Å². The van der Waals surface area contributed by atoms with Gasteiger partial charge in [-0.2, -0.15) is 0 Å². The maximum Gasteiger partial charge on any atom is 0.296 e. The molecule has 0 bridgehead atoms. The SMILES string of the molecule is CCOc1cc(C2/C(=C(/O)c3ccc(OC)cc3)C(=O)C(=O)N2Cc2ccco2)ccc1O. The number of nitrogens with zero attached hydrogens (tertiary/aromatic N) is 1. The third kappa shape index (κ3) is 4.15. The number of carbonyl (C=O) groups is 2. The third-order valence-electron chi connectivity index (χ3n) is 5.41. The molecule has 1 atom stereocenters. The largest absolute Gasteiger partial charge is 0.507 e. The van der Waals surface area contributed by atoms with E-state index in [0.29, 0.717) is 29.2 Å². The van der Waals surface area contributed by atoms with E-state index in [0.717, 1.165) is 0 Å². The van der Waals surface area contributed by atoms with Gasteiger partial charge in [-0.05, 0) is 61.0 Å². The molecule has 1 unspecified atom stereocenters. The summed E-state index contributed by atoms with van der Waals surface area (Å²) in [5.41, 5.74) is 0.794. The number of aromatic hydroxyl groups is 1. The second kappa shape index (κ2) is 9.12. The number of rotatable bonds is 7. The molecular formula is C25H23NO7. The first-order valence-corrected chi connectivity index (χ1v) is 10.4. The highest BCUT2D eigenvalue weighted by molar-refractivity contribution is 6.46. The second-order valence-corrected chi connectivity index (χ2v) is 7.40. The molecule has 1 aliphatic heterocycles.